The molecular weight excluding hydrogens is 467 g/mol. The highest BCUT2D eigenvalue weighted by Gasteiger charge is 2.60. The van der Waals surface area contributed by atoms with Crippen molar-refractivity contribution in [3.05, 3.63) is 82.3 Å². The van der Waals surface area contributed by atoms with E-state index in [0.717, 1.165) is 4.90 Å². The zero-order chi connectivity index (χ0) is 23.3. The largest absolute Gasteiger partial charge is 0.504 e. The number of benzene rings is 3. The number of phenols is 1. The van der Waals surface area contributed by atoms with Crippen LogP contribution in [0.1, 0.15) is 11.6 Å². The maximum Gasteiger partial charge on any atom is 0.266 e. The van der Waals surface area contributed by atoms with Crippen LogP contribution in [0, 0.1) is 5.92 Å². The van der Waals surface area contributed by atoms with Crippen LogP contribution in [0.5, 0.6) is 11.5 Å². The molecule has 0 unspecified atom stereocenters. The Morgan fingerprint density at radius 2 is 1.67 bits per heavy atom. The molecule has 1 N–H and O–H groups in total. The second-order valence-electron chi connectivity index (χ2n) is 7.70. The number of carbonyl (C=O) groups is 2. The molecule has 5 rings (SSSR count). The number of aromatic hydroxyl groups is 1. The molecule has 3 aromatic rings. The average Bonchev–Trinajstić information content (AvgIpc) is 3.33. The third-order valence-electron chi connectivity index (χ3n) is 5.83. The van der Waals surface area contributed by atoms with Gasteiger partial charge in [0.05, 0.1) is 34.6 Å². The number of carbonyl (C=O) groups excluding carboxylic acids is 2. The summed E-state index contributed by atoms with van der Waals surface area (Å²) < 4.78 is 5.26. The molecule has 2 saturated heterocycles. The van der Waals surface area contributed by atoms with E-state index in [-0.39, 0.29) is 16.5 Å². The average molecular weight is 485 g/mol. The van der Waals surface area contributed by atoms with Crippen LogP contribution < -0.4 is 14.7 Å². The van der Waals surface area contributed by atoms with Gasteiger partial charge in [-0.1, -0.05) is 47.5 Å². The number of nitrogens with zero attached hydrogens (tertiary/aromatic N) is 2. The number of hydroxylamine groups is 1. The first-order chi connectivity index (χ1) is 15.9. The van der Waals surface area contributed by atoms with Gasteiger partial charge in [-0.2, -0.15) is 0 Å². The van der Waals surface area contributed by atoms with Gasteiger partial charge in [-0.15, -0.1) is 0 Å². The molecule has 168 valence electrons. The summed E-state index contributed by atoms with van der Waals surface area (Å²) in [5.41, 5.74) is 1.66. The number of methoxy groups -OCH3 is 1. The molecule has 7 nitrogen and oxygen atoms in total. The Labute approximate surface area is 199 Å². The molecule has 9 heteroatoms. The second kappa shape index (κ2) is 8.26. The van der Waals surface area contributed by atoms with Crippen LogP contribution in [0.2, 0.25) is 10.0 Å². The lowest BCUT2D eigenvalue weighted by molar-refractivity contribution is -0.126. The molecule has 2 amide bonds. The van der Waals surface area contributed by atoms with E-state index in [0.29, 0.717) is 22.0 Å². The second-order valence-corrected chi connectivity index (χ2v) is 8.51. The predicted molar refractivity (Wildman–Crippen MR) is 124 cm³/mol. The Bertz CT molecular complexity index is 1250. The van der Waals surface area contributed by atoms with E-state index >= 15 is 0 Å². The summed E-state index contributed by atoms with van der Waals surface area (Å²) in [6, 6.07) is 18.0. The fraction of sp³-hybridized carbons (Fsp3) is 0.167. The number of hydrogen-bond donors (Lipinski definition) is 1. The summed E-state index contributed by atoms with van der Waals surface area (Å²) in [4.78, 5) is 34.1. The van der Waals surface area contributed by atoms with Gasteiger partial charge in [-0.05, 0) is 48.0 Å². The number of phenolic OH excluding ortho intramolecular Hbond substituents is 1. The van der Waals surface area contributed by atoms with Gasteiger partial charge >= 0.3 is 0 Å². The Hall–Kier alpha value is -3.26. The van der Waals surface area contributed by atoms with Crippen LogP contribution in [0.3, 0.4) is 0 Å². The molecule has 2 heterocycles. The molecule has 2 aliphatic heterocycles. The SMILES string of the molecule is COc1cc([C@H]2[C@@H]3C(=O)N(c4ccc(Cl)c(Cl)c4)C(=O)[C@@H]3ON2c2ccccc2)ccc1O. The van der Waals surface area contributed by atoms with Crippen molar-refractivity contribution < 1.29 is 24.3 Å². The quantitative estimate of drug-likeness (QED) is 0.537. The highest BCUT2D eigenvalue weighted by atomic mass is 35.5. The van der Waals surface area contributed by atoms with Crippen LogP contribution in [-0.2, 0) is 14.4 Å². The van der Waals surface area contributed by atoms with Crippen LogP contribution in [0.15, 0.2) is 66.7 Å². The maximum atomic E-state index is 13.6. The van der Waals surface area contributed by atoms with E-state index in [4.69, 9.17) is 32.8 Å². The fourth-order valence-electron chi connectivity index (χ4n) is 4.31. The van der Waals surface area contributed by atoms with Crippen LogP contribution in [0.25, 0.3) is 0 Å². The Morgan fingerprint density at radius 1 is 0.909 bits per heavy atom. The number of halogens is 2. The zero-order valence-electron chi connectivity index (χ0n) is 17.3. The summed E-state index contributed by atoms with van der Waals surface area (Å²) in [5, 5.41) is 12.2. The highest BCUT2D eigenvalue weighted by molar-refractivity contribution is 6.42. The lowest BCUT2D eigenvalue weighted by Crippen LogP contribution is -2.37. The smallest absolute Gasteiger partial charge is 0.266 e. The van der Waals surface area contributed by atoms with E-state index in [1.165, 1.54) is 25.3 Å². The van der Waals surface area contributed by atoms with Crippen molar-refractivity contribution in [2.45, 2.75) is 12.1 Å². The molecule has 33 heavy (non-hydrogen) atoms. The van der Waals surface area contributed by atoms with Gasteiger partial charge in [0.25, 0.3) is 5.91 Å². The summed E-state index contributed by atoms with van der Waals surface area (Å²) >= 11 is 12.1. The Kier molecular flexibility index (Phi) is 5.40. The lowest BCUT2D eigenvalue weighted by Gasteiger charge is -2.29. The zero-order valence-corrected chi connectivity index (χ0v) is 18.8. The minimum Gasteiger partial charge on any atom is -0.504 e. The van der Waals surface area contributed by atoms with Crippen LogP contribution in [-0.4, -0.2) is 30.1 Å². The molecule has 0 radical (unpaired) electrons. The molecule has 0 aromatic heterocycles. The predicted octanol–water partition coefficient (Wildman–Crippen LogP) is 4.76. The van der Waals surface area contributed by atoms with Gasteiger partial charge in [-0.3, -0.25) is 14.4 Å². The monoisotopic (exact) mass is 484 g/mol. The third kappa shape index (κ3) is 3.49. The molecule has 2 fully saturated rings. The normalized spacial score (nSPS) is 22.1. The van der Waals surface area contributed by atoms with Crippen molar-refractivity contribution >= 4 is 46.4 Å². The van der Waals surface area contributed by atoms with Gasteiger partial charge < -0.3 is 9.84 Å². The Morgan fingerprint density at radius 3 is 2.36 bits per heavy atom. The third-order valence-corrected chi connectivity index (χ3v) is 6.57. The standard InChI is InChI=1S/C24H18Cl2N2O5/c1-32-19-11-13(7-10-18(19)29)21-20-22(33-28(21)14-5-3-2-4-6-14)24(31)27(23(20)30)15-8-9-16(25)17(26)12-15/h2-12,20-22,29H,1H3/t20-,21-,22+/m0/s1. The topological polar surface area (TPSA) is 79.3 Å². The van der Waals surface area contributed by atoms with Crippen LogP contribution >= 0.6 is 23.2 Å². The Balaban J connectivity index is 1.60. The van der Waals surface area contributed by atoms with Crippen molar-refractivity contribution in [2.75, 3.05) is 17.1 Å². The van der Waals surface area contributed by atoms with Gasteiger partial charge in [0.1, 0.15) is 5.92 Å². The van der Waals surface area contributed by atoms with Crippen molar-refractivity contribution in [1.82, 2.24) is 0 Å². The first kappa shape index (κ1) is 21.6. The van der Waals surface area contributed by atoms with E-state index in [9.17, 15) is 14.7 Å². The molecule has 0 aliphatic carbocycles. The summed E-state index contributed by atoms with van der Waals surface area (Å²) in [5.74, 6) is -1.52. The van der Waals surface area contributed by atoms with Crippen molar-refractivity contribution in [1.29, 1.82) is 0 Å². The number of anilines is 2. The van der Waals surface area contributed by atoms with Crippen molar-refractivity contribution in [3.8, 4) is 11.5 Å². The van der Waals surface area contributed by atoms with Gasteiger partial charge in [-0.25, -0.2) is 9.96 Å². The number of rotatable bonds is 4. The van der Waals surface area contributed by atoms with E-state index in [1.54, 1.807) is 23.3 Å². The number of ether oxygens (including phenoxy) is 1. The van der Waals surface area contributed by atoms with Crippen molar-refractivity contribution in [3.63, 3.8) is 0 Å². The van der Waals surface area contributed by atoms with Gasteiger partial charge in [0.2, 0.25) is 5.91 Å². The first-order valence-electron chi connectivity index (χ1n) is 10.1. The number of amides is 2. The molecular formula is C24H18Cl2N2O5. The fourth-order valence-corrected chi connectivity index (χ4v) is 4.60. The number of fused-ring (bicyclic) bond motifs is 1. The van der Waals surface area contributed by atoms with E-state index in [1.807, 2.05) is 30.3 Å². The number of hydrogen-bond acceptors (Lipinski definition) is 6. The lowest BCUT2D eigenvalue weighted by atomic mass is 9.90. The van der Waals surface area contributed by atoms with Crippen LogP contribution in [0.4, 0.5) is 11.4 Å². The summed E-state index contributed by atoms with van der Waals surface area (Å²) in [6.07, 6.45) is -1.03. The van der Waals surface area contributed by atoms with Gasteiger partial charge in [0, 0.05) is 0 Å². The minimum atomic E-state index is -1.03. The van der Waals surface area contributed by atoms with Crippen molar-refractivity contribution in [2.24, 2.45) is 5.92 Å². The number of para-hydroxylation sites is 1. The highest BCUT2D eigenvalue weighted by Crippen LogP contribution is 2.48. The molecule has 2 aliphatic rings. The molecule has 0 spiro atoms. The first-order valence-corrected chi connectivity index (χ1v) is 10.9. The van der Waals surface area contributed by atoms with Gasteiger partial charge in [0.15, 0.2) is 17.6 Å². The minimum absolute atomic E-state index is 0.0331. The van der Waals surface area contributed by atoms with E-state index in [2.05, 4.69) is 0 Å². The summed E-state index contributed by atoms with van der Waals surface area (Å²) in [6.45, 7) is 0. The molecule has 3 aromatic carbocycles. The van der Waals surface area contributed by atoms with E-state index < -0.39 is 29.9 Å². The number of imide groups is 1. The summed E-state index contributed by atoms with van der Waals surface area (Å²) in [7, 11) is 1.44. The molecule has 0 bridgehead atoms. The molecule has 3 atom stereocenters. The maximum absolute atomic E-state index is 13.6. The molecule has 0 saturated carbocycles.